The van der Waals surface area contributed by atoms with Gasteiger partial charge in [-0.3, -0.25) is 4.79 Å². The van der Waals surface area contributed by atoms with E-state index >= 15 is 0 Å². The number of ketones is 1. The number of hydrogen-bond donors (Lipinski definition) is 3. The van der Waals surface area contributed by atoms with Gasteiger partial charge in [0.25, 0.3) is 0 Å². The van der Waals surface area contributed by atoms with E-state index < -0.39 is 0 Å². The molecule has 0 heterocycles. The standard InChI is InChI=1S/C25H30N2O6/c1-30-24-15-18(5-9-22(24)32-13-11-26)3-7-20(28)17-21(29)8-4-19-6-10-23(33-14-12-27)25(16-19)31-2/h3-10,15-17,28H,11-14,26-27H2,1-2H3/b7-3+,8-4+,20-17-. The van der Waals surface area contributed by atoms with Crippen LogP contribution in [0.25, 0.3) is 12.2 Å². The molecule has 176 valence electrons. The number of ether oxygens (including phenoxy) is 4. The quantitative estimate of drug-likeness (QED) is 0.239. The molecule has 0 fully saturated rings. The average molecular weight is 455 g/mol. The molecule has 0 radical (unpaired) electrons. The first-order chi connectivity index (χ1) is 16.0. The summed E-state index contributed by atoms with van der Waals surface area (Å²) in [6.07, 6.45) is 7.18. The van der Waals surface area contributed by atoms with Gasteiger partial charge in [-0.25, -0.2) is 0 Å². The van der Waals surface area contributed by atoms with Crippen molar-refractivity contribution >= 4 is 17.9 Å². The van der Waals surface area contributed by atoms with E-state index in [4.69, 9.17) is 30.4 Å². The summed E-state index contributed by atoms with van der Waals surface area (Å²) in [6.45, 7) is 1.55. The summed E-state index contributed by atoms with van der Waals surface area (Å²) in [5.41, 5.74) is 12.4. The van der Waals surface area contributed by atoms with Gasteiger partial charge >= 0.3 is 0 Å². The van der Waals surface area contributed by atoms with E-state index in [1.54, 1.807) is 48.6 Å². The second kappa shape index (κ2) is 13.6. The minimum absolute atomic E-state index is 0.185. The molecule has 8 nitrogen and oxygen atoms in total. The number of benzene rings is 2. The maximum absolute atomic E-state index is 12.2. The van der Waals surface area contributed by atoms with Crippen molar-refractivity contribution in [1.29, 1.82) is 0 Å². The Hall–Kier alpha value is -3.75. The van der Waals surface area contributed by atoms with E-state index in [9.17, 15) is 9.90 Å². The molecule has 0 bridgehead atoms. The molecule has 0 aliphatic heterocycles. The smallest absolute Gasteiger partial charge is 0.182 e. The monoisotopic (exact) mass is 454 g/mol. The molecule has 0 atom stereocenters. The SMILES string of the molecule is COc1cc(/C=C/C(=O)/C=C(O)/C=C/c2ccc(OCCN)c(OC)c2)ccc1OCCN. The molecule has 0 aromatic heterocycles. The van der Waals surface area contributed by atoms with Crippen LogP contribution in [0.15, 0.2) is 60.4 Å². The molecule has 0 amide bonds. The lowest BCUT2D eigenvalue weighted by Gasteiger charge is -2.10. The minimum atomic E-state index is -0.373. The van der Waals surface area contributed by atoms with Crippen molar-refractivity contribution in [2.24, 2.45) is 11.5 Å². The van der Waals surface area contributed by atoms with E-state index in [1.807, 2.05) is 0 Å². The largest absolute Gasteiger partial charge is 0.508 e. The molecule has 33 heavy (non-hydrogen) atoms. The Morgan fingerprint density at radius 3 is 1.76 bits per heavy atom. The third kappa shape index (κ3) is 8.36. The van der Waals surface area contributed by atoms with Crippen molar-refractivity contribution in [2.75, 3.05) is 40.5 Å². The number of aliphatic hydroxyl groups is 1. The highest BCUT2D eigenvalue weighted by atomic mass is 16.5. The lowest BCUT2D eigenvalue weighted by molar-refractivity contribution is -0.110. The summed E-state index contributed by atoms with van der Waals surface area (Å²) >= 11 is 0. The number of nitrogens with two attached hydrogens (primary N) is 2. The average Bonchev–Trinajstić information content (AvgIpc) is 2.83. The first-order valence-electron chi connectivity index (χ1n) is 10.3. The van der Waals surface area contributed by atoms with Gasteiger partial charge in [-0.1, -0.05) is 24.3 Å². The summed E-state index contributed by atoms with van der Waals surface area (Å²) in [5, 5.41) is 10.1. The molecule has 5 N–H and O–H groups in total. The molecule has 0 unspecified atom stereocenters. The topological polar surface area (TPSA) is 126 Å². The second-order valence-electron chi connectivity index (χ2n) is 6.73. The van der Waals surface area contributed by atoms with Crippen LogP contribution in [0.3, 0.4) is 0 Å². The Balaban J connectivity index is 2.03. The van der Waals surface area contributed by atoms with E-state index in [0.717, 1.165) is 17.2 Å². The molecule has 0 saturated heterocycles. The van der Waals surface area contributed by atoms with Crippen LogP contribution in [0, 0.1) is 0 Å². The normalized spacial score (nSPS) is 11.7. The second-order valence-corrected chi connectivity index (χ2v) is 6.73. The molecular formula is C25H30N2O6. The maximum Gasteiger partial charge on any atom is 0.182 e. The summed E-state index contributed by atoms with van der Waals surface area (Å²) in [4.78, 5) is 12.2. The number of aliphatic hydroxyl groups excluding tert-OH is 1. The summed E-state index contributed by atoms with van der Waals surface area (Å²) < 4.78 is 21.6. The third-order valence-corrected chi connectivity index (χ3v) is 4.30. The highest BCUT2D eigenvalue weighted by molar-refractivity contribution is 6.02. The first kappa shape index (κ1) is 25.5. The number of allylic oxidation sites excluding steroid dienone is 3. The summed E-state index contributed by atoms with van der Waals surface area (Å²) in [5.74, 6) is 1.68. The van der Waals surface area contributed by atoms with Crippen LogP contribution < -0.4 is 30.4 Å². The van der Waals surface area contributed by atoms with Crippen LogP contribution in [0.1, 0.15) is 11.1 Å². The maximum atomic E-state index is 12.2. The number of rotatable bonds is 13. The first-order valence-corrected chi connectivity index (χ1v) is 10.3. The van der Waals surface area contributed by atoms with Gasteiger partial charge in [0.1, 0.15) is 19.0 Å². The summed E-state index contributed by atoms with van der Waals surface area (Å²) in [6, 6.07) is 10.6. The van der Waals surface area contributed by atoms with Crippen LogP contribution in [0.4, 0.5) is 0 Å². The van der Waals surface area contributed by atoms with E-state index in [0.29, 0.717) is 49.3 Å². The zero-order valence-electron chi connectivity index (χ0n) is 18.8. The highest BCUT2D eigenvalue weighted by Crippen LogP contribution is 2.29. The molecule has 2 rings (SSSR count). The fourth-order valence-electron chi connectivity index (χ4n) is 2.75. The minimum Gasteiger partial charge on any atom is -0.508 e. The zero-order valence-corrected chi connectivity index (χ0v) is 18.8. The highest BCUT2D eigenvalue weighted by Gasteiger charge is 2.06. The predicted octanol–water partition coefficient (Wildman–Crippen LogP) is 3.12. The molecule has 2 aromatic carbocycles. The fourth-order valence-corrected chi connectivity index (χ4v) is 2.75. The van der Waals surface area contributed by atoms with Crippen molar-refractivity contribution < 1.29 is 28.8 Å². The summed E-state index contributed by atoms with van der Waals surface area (Å²) in [7, 11) is 3.07. The Morgan fingerprint density at radius 2 is 1.30 bits per heavy atom. The fraction of sp³-hybridized carbons (Fsp3) is 0.240. The Bertz CT molecular complexity index is 1010. The number of carbonyl (C=O) groups is 1. The predicted molar refractivity (Wildman–Crippen MR) is 129 cm³/mol. The van der Waals surface area contributed by atoms with Crippen molar-refractivity contribution in [3.63, 3.8) is 0 Å². The van der Waals surface area contributed by atoms with Gasteiger partial charge < -0.3 is 35.5 Å². The van der Waals surface area contributed by atoms with E-state index in [-0.39, 0.29) is 11.5 Å². The third-order valence-electron chi connectivity index (χ3n) is 4.30. The zero-order chi connectivity index (χ0) is 24.1. The van der Waals surface area contributed by atoms with Crippen molar-refractivity contribution in [3.05, 3.63) is 71.5 Å². The molecule has 0 spiro atoms. The van der Waals surface area contributed by atoms with Gasteiger partial charge in [-0.15, -0.1) is 0 Å². The molecule has 0 aliphatic carbocycles. The Morgan fingerprint density at radius 1 is 0.818 bits per heavy atom. The number of carbonyl (C=O) groups excluding carboxylic acids is 1. The van der Waals surface area contributed by atoms with Crippen LogP contribution in [-0.2, 0) is 4.79 Å². The number of methoxy groups -OCH3 is 2. The Labute approximate surface area is 193 Å². The van der Waals surface area contributed by atoms with Crippen molar-refractivity contribution in [1.82, 2.24) is 0 Å². The molecule has 2 aromatic rings. The van der Waals surface area contributed by atoms with E-state index in [1.165, 1.54) is 26.4 Å². The van der Waals surface area contributed by atoms with Crippen molar-refractivity contribution in [2.45, 2.75) is 0 Å². The van der Waals surface area contributed by atoms with Crippen LogP contribution in [0.5, 0.6) is 23.0 Å². The van der Waals surface area contributed by atoms with Crippen LogP contribution >= 0.6 is 0 Å². The molecular weight excluding hydrogens is 424 g/mol. The van der Waals surface area contributed by atoms with Gasteiger partial charge in [-0.2, -0.15) is 0 Å². The Kier molecular flexibility index (Phi) is 10.5. The van der Waals surface area contributed by atoms with Crippen LogP contribution in [-0.4, -0.2) is 51.4 Å². The lowest BCUT2D eigenvalue weighted by Crippen LogP contribution is -2.11. The van der Waals surface area contributed by atoms with Crippen molar-refractivity contribution in [3.8, 4) is 23.0 Å². The van der Waals surface area contributed by atoms with Gasteiger partial charge in [0.15, 0.2) is 28.8 Å². The molecule has 0 saturated carbocycles. The van der Waals surface area contributed by atoms with E-state index in [2.05, 4.69) is 0 Å². The van der Waals surface area contributed by atoms with Crippen LogP contribution in [0.2, 0.25) is 0 Å². The molecule has 8 heteroatoms. The van der Waals surface area contributed by atoms with Gasteiger partial charge in [0.05, 0.1) is 14.2 Å². The van der Waals surface area contributed by atoms with Gasteiger partial charge in [0, 0.05) is 19.2 Å². The lowest BCUT2D eigenvalue weighted by atomic mass is 10.1. The van der Waals surface area contributed by atoms with Gasteiger partial charge in [0.2, 0.25) is 0 Å². The van der Waals surface area contributed by atoms with Gasteiger partial charge in [-0.05, 0) is 47.5 Å². The number of hydrogen-bond acceptors (Lipinski definition) is 8. The molecule has 0 aliphatic rings.